The van der Waals surface area contributed by atoms with E-state index < -0.39 is 11.9 Å². The van der Waals surface area contributed by atoms with E-state index in [1.54, 1.807) is 0 Å². The van der Waals surface area contributed by atoms with Crippen molar-refractivity contribution in [3.05, 3.63) is 29.6 Å². The Morgan fingerprint density at radius 1 is 1.31 bits per heavy atom. The van der Waals surface area contributed by atoms with E-state index >= 15 is 0 Å². The predicted octanol–water partition coefficient (Wildman–Crippen LogP) is 0.313. The van der Waals surface area contributed by atoms with Gasteiger partial charge in [-0.05, 0) is 12.1 Å². The molecule has 0 amide bonds. The van der Waals surface area contributed by atoms with Crippen LogP contribution in [0.4, 0.5) is 5.82 Å². The van der Waals surface area contributed by atoms with Crippen molar-refractivity contribution in [2.24, 2.45) is 0 Å². The number of pyridine rings is 1. The highest BCUT2D eigenvalue weighted by Crippen LogP contribution is 2.16. The minimum absolute atomic E-state index is 0.0226. The second-order valence-electron chi connectivity index (χ2n) is 3.10. The zero-order valence-electron chi connectivity index (χ0n) is 7.91. The smallest absolute Gasteiger partial charge is 0.358 e. The molecule has 0 aromatic carbocycles. The van der Waals surface area contributed by atoms with Crippen molar-refractivity contribution >= 4 is 23.4 Å². The van der Waals surface area contributed by atoms with Gasteiger partial charge in [0.15, 0.2) is 5.69 Å². The van der Waals surface area contributed by atoms with Gasteiger partial charge in [0.2, 0.25) is 0 Å². The number of nitrogens with zero attached hydrogens (tertiary/aromatic N) is 2. The Bertz CT molecular complexity index is 602. The van der Waals surface area contributed by atoms with Crippen molar-refractivity contribution in [1.29, 1.82) is 0 Å². The molecule has 0 saturated heterocycles. The number of anilines is 1. The molecule has 7 nitrogen and oxygen atoms in total. The highest BCUT2D eigenvalue weighted by molar-refractivity contribution is 5.93. The zero-order valence-corrected chi connectivity index (χ0v) is 7.91. The molecule has 2 rings (SSSR count). The van der Waals surface area contributed by atoms with Crippen molar-refractivity contribution in [2.75, 3.05) is 5.73 Å². The number of fused-ring (bicyclic) bond motifs is 1. The molecule has 16 heavy (non-hydrogen) atoms. The Morgan fingerprint density at radius 2 is 2.00 bits per heavy atom. The van der Waals surface area contributed by atoms with Crippen LogP contribution in [-0.4, -0.2) is 31.5 Å². The minimum Gasteiger partial charge on any atom is -0.478 e. The average molecular weight is 221 g/mol. The van der Waals surface area contributed by atoms with Gasteiger partial charge in [-0.15, -0.1) is 0 Å². The van der Waals surface area contributed by atoms with Gasteiger partial charge >= 0.3 is 11.9 Å². The third kappa shape index (κ3) is 1.34. The number of nitrogen functional groups attached to an aromatic ring is 1. The van der Waals surface area contributed by atoms with Gasteiger partial charge in [0.25, 0.3) is 0 Å². The van der Waals surface area contributed by atoms with E-state index in [0.717, 1.165) is 0 Å². The van der Waals surface area contributed by atoms with E-state index in [0.29, 0.717) is 0 Å². The summed E-state index contributed by atoms with van der Waals surface area (Å²) in [6.45, 7) is 0. The summed E-state index contributed by atoms with van der Waals surface area (Å²) in [7, 11) is 0. The fraction of sp³-hybridized carbons (Fsp3) is 0. The molecule has 0 fully saturated rings. The van der Waals surface area contributed by atoms with E-state index in [4.69, 9.17) is 15.9 Å². The van der Waals surface area contributed by atoms with Crippen LogP contribution in [-0.2, 0) is 0 Å². The van der Waals surface area contributed by atoms with Gasteiger partial charge in [-0.2, -0.15) is 0 Å². The number of aromatic carboxylic acids is 2. The number of carboxylic acid groups (broad SMARTS) is 2. The molecule has 0 aliphatic rings. The molecule has 0 atom stereocenters. The van der Waals surface area contributed by atoms with E-state index in [9.17, 15) is 9.59 Å². The van der Waals surface area contributed by atoms with Crippen LogP contribution in [0.1, 0.15) is 20.8 Å². The van der Waals surface area contributed by atoms with Crippen LogP contribution in [0.5, 0.6) is 0 Å². The summed E-state index contributed by atoms with van der Waals surface area (Å²) < 4.78 is 1.32. The Kier molecular flexibility index (Phi) is 2.01. The monoisotopic (exact) mass is 221 g/mol. The molecule has 7 heteroatoms. The zero-order chi connectivity index (χ0) is 11.9. The summed E-state index contributed by atoms with van der Waals surface area (Å²) >= 11 is 0. The molecule has 0 bridgehead atoms. The third-order valence-corrected chi connectivity index (χ3v) is 2.11. The average Bonchev–Trinajstić information content (AvgIpc) is 2.55. The number of aromatic nitrogens is 2. The number of nitrogens with two attached hydrogens (primary N) is 1. The van der Waals surface area contributed by atoms with Crippen LogP contribution >= 0.6 is 0 Å². The highest BCUT2D eigenvalue weighted by atomic mass is 16.4. The van der Waals surface area contributed by atoms with Gasteiger partial charge in [-0.25, -0.2) is 14.6 Å². The van der Waals surface area contributed by atoms with Crippen LogP contribution in [0, 0.1) is 0 Å². The second-order valence-corrected chi connectivity index (χ2v) is 3.10. The molecule has 2 aromatic heterocycles. The summed E-state index contributed by atoms with van der Waals surface area (Å²) in [6.07, 6.45) is 1.37. The number of imidazole rings is 1. The standard InChI is InChI=1S/C9H7N3O4/c10-7-6(9(15)16)11-5-3-4(8(13)14)1-2-12(5)7/h1-3H,10H2,(H,13,14)(H,15,16). The van der Waals surface area contributed by atoms with Crippen molar-refractivity contribution in [1.82, 2.24) is 9.38 Å². The molecule has 0 radical (unpaired) electrons. The largest absolute Gasteiger partial charge is 0.478 e. The van der Waals surface area contributed by atoms with Crippen molar-refractivity contribution in [3.63, 3.8) is 0 Å². The van der Waals surface area contributed by atoms with Gasteiger partial charge in [-0.1, -0.05) is 0 Å². The lowest BCUT2D eigenvalue weighted by atomic mass is 10.3. The van der Waals surface area contributed by atoms with Gasteiger partial charge in [0.05, 0.1) is 5.56 Å². The second kappa shape index (κ2) is 3.23. The number of hydrogen-bond acceptors (Lipinski definition) is 4. The molecule has 4 N–H and O–H groups in total. The first kappa shape index (κ1) is 9.97. The molecule has 2 aromatic rings. The van der Waals surface area contributed by atoms with Gasteiger partial charge < -0.3 is 15.9 Å². The van der Waals surface area contributed by atoms with Gasteiger partial charge in [0.1, 0.15) is 11.5 Å². The SMILES string of the molecule is Nc1c(C(=O)O)nc2cc(C(=O)O)ccn12. The Balaban J connectivity index is 2.72. The maximum absolute atomic E-state index is 10.7. The van der Waals surface area contributed by atoms with Crippen LogP contribution in [0.15, 0.2) is 18.3 Å². The molecule has 0 unspecified atom stereocenters. The van der Waals surface area contributed by atoms with E-state index in [2.05, 4.69) is 4.98 Å². The molecule has 2 heterocycles. The summed E-state index contributed by atoms with van der Waals surface area (Å²) in [6, 6.07) is 2.57. The first-order valence-electron chi connectivity index (χ1n) is 4.25. The molecular weight excluding hydrogens is 214 g/mol. The van der Waals surface area contributed by atoms with Gasteiger partial charge in [0, 0.05) is 6.20 Å². The first-order chi connectivity index (χ1) is 7.50. The van der Waals surface area contributed by atoms with E-state index in [1.165, 1.54) is 22.7 Å². The van der Waals surface area contributed by atoms with Crippen LogP contribution in [0.25, 0.3) is 5.65 Å². The number of carboxylic acids is 2. The fourth-order valence-corrected chi connectivity index (χ4v) is 1.35. The summed E-state index contributed by atoms with van der Waals surface area (Å²) in [5, 5.41) is 17.5. The molecule has 0 aliphatic heterocycles. The maximum Gasteiger partial charge on any atom is 0.358 e. The Hall–Kier alpha value is -2.57. The van der Waals surface area contributed by atoms with Crippen LogP contribution < -0.4 is 5.73 Å². The molecule has 82 valence electrons. The first-order valence-corrected chi connectivity index (χ1v) is 4.25. The lowest BCUT2D eigenvalue weighted by Gasteiger charge is -1.97. The van der Waals surface area contributed by atoms with E-state index in [1.807, 2.05) is 0 Å². The summed E-state index contributed by atoms with van der Waals surface area (Å²) in [5.41, 5.74) is 5.46. The van der Waals surface area contributed by atoms with Crippen LogP contribution in [0.3, 0.4) is 0 Å². The van der Waals surface area contributed by atoms with Crippen molar-refractivity contribution < 1.29 is 19.8 Å². The molecule has 0 aliphatic carbocycles. The number of hydrogen-bond donors (Lipinski definition) is 3. The van der Waals surface area contributed by atoms with E-state index in [-0.39, 0.29) is 22.7 Å². The fourth-order valence-electron chi connectivity index (χ4n) is 1.35. The normalized spacial score (nSPS) is 10.5. The minimum atomic E-state index is -1.25. The van der Waals surface area contributed by atoms with Crippen molar-refractivity contribution in [2.45, 2.75) is 0 Å². The van der Waals surface area contributed by atoms with Crippen molar-refractivity contribution in [3.8, 4) is 0 Å². The highest BCUT2D eigenvalue weighted by Gasteiger charge is 2.16. The summed E-state index contributed by atoms with van der Waals surface area (Å²) in [5.74, 6) is -2.39. The molecule has 0 spiro atoms. The maximum atomic E-state index is 10.7. The number of rotatable bonds is 2. The quantitative estimate of drug-likeness (QED) is 0.671. The predicted molar refractivity (Wildman–Crippen MR) is 53.5 cm³/mol. The molecule has 0 saturated carbocycles. The Labute approximate surface area is 88.8 Å². The number of carbonyl (C=O) groups is 2. The van der Waals surface area contributed by atoms with Gasteiger partial charge in [-0.3, -0.25) is 4.40 Å². The Morgan fingerprint density at radius 3 is 2.56 bits per heavy atom. The third-order valence-electron chi connectivity index (χ3n) is 2.11. The van der Waals surface area contributed by atoms with Crippen LogP contribution in [0.2, 0.25) is 0 Å². The molecular formula is C9H7N3O4. The lowest BCUT2D eigenvalue weighted by molar-refractivity contribution is 0.0684. The topological polar surface area (TPSA) is 118 Å². The summed E-state index contributed by atoms with van der Waals surface area (Å²) in [4.78, 5) is 25.2. The lowest BCUT2D eigenvalue weighted by Crippen LogP contribution is -2.02.